The van der Waals surface area contributed by atoms with Crippen molar-refractivity contribution in [2.24, 2.45) is 10.9 Å². The van der Waals surface area contributed by atoms with E-state index in [9.17, 15) is 5.11 Å². The molecule has 0 aromatic heterocycles. The minimum absolute atomic E-state index is 0.0867. The maximum Gasteiger partial charge on any atom is 0.170 e. The fourth-order valence-electron chi connectivity index (χ4n) is 1.51. The number of aliphatic hydroxyl groups excluding tert-OH is 1. The molecule has 1 atom stereocenters. The zero-order valence-corrected chi connectivity index (χ0v) is 10.8. The Kier molecular flexibility index (Phi) is 5.12. The Labute approximate surface area is 107 Å². The van der Waals surface area contributed by atoms with Gasteiger partial charge in [0.2, 0.25) is 0 Å². The maximum atomic E-state index is 9.31. The second-order valence-corrected chi connectivity index (χ2v) is 4.61. The summed E-state index contributed by atoms with van der Waals surface area (Å²) in [4.78, 5) is 0. The monoisotopic (exact) mass is 251 g/mol. The maximum absolute atomic E-state index is 9.31. The molecule has 1 aromatic rings. The van der Waals surface area contributed by atoms with E-state index in [0.29, 0.717) is 12.1 Å². The van der Waals surface area contributed by atoms with E-state index in [1.165, 1.54) is 0 Å². The van der Waals surface area contributed by atoms with Gasteiger partial charge in [0, 0.05) is 17.6 Å². The number of benzene rings is 1. The van der Waals surface area contributed by atoms with Crippen LogP contribution < -0.4 is 11.1 Å². The Morgan fingerprint density at radius 3 is 2.78 bits per heavy atom. The minimum Gasteiger partial charge on any atom is -0.409 e. The van der Waals surface area contributed by atoms with Crippen LogP contribution in [0.4, 0.5) is 0 Å². The molecule has 5 heteroatoms. The van der Waals surface area contributed by atoms with Crippen molar-refractivity contribution in [3.8, 4) is 0 Å². The summed E-state index contributed by atoms with van der Waals surface area (Å²) in [5.74, 6) is 0.0947. The molecule has 5 nitrogen and oxygen atoms in total. The number of aliphatic hydroxyl groups is 1. The lowest BCUT2D eigenvalue weighted by Crippen LogP contribution is -2.44. The number of rotatable bonds is 6. The van der Waals surface area contributed by atoms with Crippen LogP contribution in [-0.2, 0) is 6.54 Å². The van der Waals surface area contributed by atoms with Crippen molar-refractivity contribution in [1.82, 2.24) is 5.32 Å². The van der Waals surface area contributed by atoms with Gasteiger partial charge in [0.05, 0.1) is 6.61 Å². The van der Waals surface area contributed by atoms with Crippen LogP contribution in [0.15, 0.2) is 29.4 Å². The normalized spacial score (nSPS) is 15.4. The third-order valence-electron chi connectivity index (χ3n) is 3.18. The smallest absolute Gasteiger partial charge is 0.170 e. The van der Waals surface area contributed by atoms with Crippen LogP contribution in [0.25, 0.3) is 0 Å². The molecule has 0 aliphatic carbocycles. The first-order valence-electron chi connectivity index (χ1n) is 5.97. The highest BCUT2D eigenvalue weighted by Gasteiger charge is 2.19. The van der Waals surface area contributed by atoms with Gasteiger partial charge < -0.3 is 21.4 Å². The van der Waals surface area contributed by atoms with Crippen molar-refractivity contribution in [2.75, 3.05) is 6.61 Å². The van der Waals surface area contributed by atoms with Crippen molar-refractivity contribution in [2.45, 2.75) is 32.4 Å². The van der Waals surface area contributed by atoms with Crippen LogP contribution in [0.2, 0.25) is 0 Å². The number of oxime groups is 1. The summed E-state index contributed by atoms with van der Waals surface area (Å²) >= 11 is 0. The number of amidine groups is 1. The SMILES string of the molecule is CCC(C)(CO)NCc1cccc(C(N)=NO)c1. The van der Waals surface area contributed by atoms with E-state index in [0.717, 1.165) is 12.0 Å². The zero-order valence-electron chi connectivity index (χ0n) is 10.8. The predicted octanol–water partition coefficient (Wildman–Crippen LogP) is 1.03. The summed E-state index contributed by atoms with van der Waals surface area (Å²) in [7, 11) is 0. The van der Waals surface area contributed by atoms with Gasteiger partial charge in [-0.2, -0.15) is 0 Å². The second kappa shape index (κ2) is 6.37. The summed E-state index contributed by atoms with van der Waals surface area (Å²) in [6.07, 6.45) is 0.837. The number of nitrogens with one attached hydrogen (secondary N) is 1. The van der Waals surface area contributed by atoms with E-state index in [2.05, 4.69) is 10.5 Å². The Hall–Kier alpha value is -1.59. The van der Waals surface area contributed by atoms with Gasteiger partial charge in [-0.3, -0.25) is 0 Å². The van der Waals surface area contributed by atoms with E-state index < -0.39 is 0 Å². The molecule has 0 saturated heterocycles. The molecule has 0 spiro atoms. The lowest BCUT2D eigenvalue weighted by Gasteiger charge is -2.27. The Balaban J connectivity index is 2.74. The first-order valence-corrected chi connectivity index (χ1v) is 5.97. The Bertz CT molecular complexity index is 414. The number of nitrogens with zero attached hydrogens (tertiary/aromatic N) is 1. The zero-order chi connectivity index (χ0) is 13.6. The molecule has 5 N–H and O–H groups in total. The molecule has 1 unspecified atom stereocenters. The lowest BCUT2D eigenvalue weighted by atomic mass is 9.99. The van der Waals surface area contributed by atoms with Crippen molar-refractivity contribution in [3.63, 3.8) is 0 Å². The van der Waals surface area contributed by atoms with Crippen LogP contribution in [0.1, 0.15) is 31.4 Å². The van der Waals surface area contributed by atoms with E-state index in [4.69, 9.17) is 10.9 Å². The summed E-state index contributed by atoms with van der Waals surface area (Å²) in [5, 5.41) is 24.2. The minimum atomic E-state index is -0.285. The fourth-order valence-corrected chi connectivity index (χ4v) is 1.51. The van der Waals surface area contributed by atoms with Gasteiger partial charge in [0.15, 0.2) is 5.84 Å². The van der Waals surface area contributed by atoms with Gasteiger partial charge in [0.25, 0.3) is 0 Å². The molecule has 0 amide bonds. The van der Waals surface area contributed by atoms with Crippen LogP contribution in [-0.4, -0.2) is 28.3 Å². The van der Waals surface area contributed by atoms with Crippen LogP contribution in [0.5, 0.6) is 0 Å². The fraction of sp³-hybridized carbons (Fsp3) is 0.462. The quantitative estimate of drug-likeness (QED) is 0.263. The first kappa shape index (κ1) is 14.5. The standard InChI is InChI=1S/C13H21N3O2/c1-3-13(2,9-17)15-8-10-5-4-6-11(7-10)12(14)16-18/h4-7,15,17-18H,3,8-9H2,1-2H3,(H2,14,16). The van der Waals surface area contributed by atoms with Crippen molar-refractivity contribution < 1.29 is 10.3 Å². The average molecular weight is 251 g/mol. The van der Waals surface area contributed by atoms with Gasteiger partial charge in [-0.15, -0.1) is 0 Å². The Morgan fingerprint density at radius 1 is 1.50 bits per heavy atom. The van der Waals surface area contributed by atoms with Crippen LogP contribution in [0.3, 0.4) is 0 Å². The van der Waals surface area contributed by atoms with Gasteiger partial charge in [0.1, 0.15) is 0 Å². The molecule has 1 aromatic carbocycles. The highest BCUT2D eigenvalue weighted by atomic mass is 16.4. The molecule has 100 valence electrons. The first-order chi connectivity index (χ1) is 8.54. The van der Waals surface area contributed by atoms with Crippen molar-refractivity contribution in [1.29, 1.82) is 0 Å². The van der Waals surface area contributed by atoms with Gasteiger partial charge in [-0.05, 0) is 25.0 Å². The van der Waals surface area contributed by atoms with E-state index >= 15 is 0 Å². The van der Waals surface area contributed by atoms with Crippen molar-refractivity contribution >= 4 is 5.84 Å². The number of hydrogen-bond donors (Lipinski definition) is 4. The van der Waals surface area contributed by atoms with E-state index in [-0.39, 0.29) is 18.0 Å². The molecule has 18 heavy (non-hydrogen) atoms. The molecular weight excluding hydrogens is 230 g/mol. The van der Waals surface area contributed by atoms with Crippen LogP contribution >= 0.6 is 0 Å². The molecule has 0 fully saturated rings. The van der Waals surface area contributed by atoms with Gasteiger partial charge in [-0.25, -0.2) is 0 Å². The summed E-state index contributed by atoms with van der Waals surface area (Å²) < 4.78 is 0. The second-order valence-electron chi connectivity index (χ2n) is 4.61. The summed E-state index contributed by atoms with van der Waals surface area (Å²) in [6, 6.07) is 7.44. The van der Waals surface area contributed by atoms with Gasteiger partial charge >= 0.3 is 0 Å². The van der Waals surface area contributed by atoms with E-state index in [1.54, 1.807) is 6.07 Å². The average Bonchev–Trinajstić information content (AvgIpc) is 2.44. The highest BCUT2D eigenvalue weighted by molar-refractivity contribution is 5.97. The van der Waals surface area contributed by atoms with Gasteiger partial charge in [-0.1, -0.05) is 30.3 Å². The largest absolute Gasteiger partial charge is 0.409 e. The Morgan fingerprint density at radius 2 is 2.22 bits per heavy atom. The highest BCUT2D eigenvalue weighted by Crippen LogP contribution is 2.11. The lowest BCUT2D eigenvalue weighted by molar-refractivity contribution is 0.169. The molecule has 0 aliphatic rings. The molecule has 0 aliphatic heterocycles. The summed E-state index contributed by atoms with van der Waals surface area (Å²) in [6.45, 7) is 4.71. The third-order valence-corrected chi connectivity index (χ3v) is 3.18. The molecule has 0 bridgehead atoms. The van der Waals surface area contributed by atoms with Crippen molar-refractivity contribution in [3.05, 3.63) is 35.4 Å². The third kappa shape index (κ3) is 3.72. The topological polar surface area (TPSA) is 90.9 Å². The molecule has 0 heterocycles. The predicted molar refractivity (Wildman–Crippen MR) is 71.6 cm³/mol. The molecule has 0 saturated carbocycles. The molecule has 1 rings (SSSR count). The molecule has 0 radical (unpaired) electrons. The number of hydrogen-bond acceptors (Lipinski definition) is 4. The van der Waals surface area contributed by atoms with Crippen LogP contribution in [0, 0.1) is 0 Å². The summed E-state index contributed by atoms with van der Waals surface area (Å²) in [5.41, 5.74) is 6.95. The van der Waals surface area contributed by atoms with E-state index in [1.807, 2.05) is 32.0 Å². The number of nitrogens with two attached hydrogens (primary N) is 1. The molecular formula is C13H21N3O2.